The number of carboxylic acid groups (broad SMARTS) is 2. The van der Waals surface area contributed by atoms with Crippen molar-refractivity contribution in [3.63, 3.8) is 0 Å². The molecule has 0 radical (unpaired) electrons. The molecule has 6 heteroatoms. The van der Waals surface area contributed by atoms with Crippen LogP contribution in [-0.4, -0.2) is 39.2 Å². The number of hydrogen-bond donors (Lipinski definition) is 2. The minimum atomic E-state index is -1.26. The average molecular weight is 192 g/mol. The molecule has 12 heavy (non-hydrogen) atoms. The molecule has 0 aromatic heterocycles. The fourth-order valence-corrected chi connectivity index (χ4v) is 0.143. The van der Waals surface area contributed by atoms with Crippen LogP contribution in [0.5, 0.6) is 0 Å². The fraction of sp³-hybridized carbons (Fsp3) is 0.333. The first-order valence-electron chi connectivity index (χ1n) is 3.17. The Balaban J connectivity index is 0. The van der Waals surface area contributed by atoms with Gasteiger partial charge in [0.1, 0.15) is 10.5 Å². The first-order valence-corrected chi connectivity index (χ1v) is 3.99. The molecular formula is C6H12O5Si. The van der Waals surface area contributed by atoms with Crippen molar-refractivity contribution < 1.29 is 24.2 Å². The van der Waals surface area contributed by atoms with E-state index in [-0.39, 0.29) is 0 Å². The van der Waals surface area contributed by atoms with Gasteiger partial charge in [0.25, 0.3) is 0 Å². The van der Waals surface area contributed by atoms with Gasteiger partial charge in [0.2, 0.25) is 0 Å². The van der Waals surface area contributed by atoms with Crippen LogP contribution in [0.2, 0.25) is 0 Å². The Bertz CT molecular complexity index is 147. The van der Waals surface area contributed by atoms with Gasteiger partial charge in [-0.3, -0.25) is 0 Å². The summed E-state index contributed by atoms with van der Waals surface area (Å²) in [5, 5.41) is 15.6. The molecule has 0 spiro atoms. The van der Waals surface area contributed by atoms with Crippen LogP contribution in [0.25, 0.3) is 0 Å². The fourth-order valence-electron chi connectivity index (χ4n) is 0.143. The minimum Gasteiger partial charge on any atom is -0.478 e. The molecule has 0 rings (SSSR count). The molecule has 0 amide bonds. The van der Waals surface area contributed by atoms with E-state index in [4.69, 9.17) is 10.2 Å². The normalized spacial score (nSPS) is 9.08. The SMILES string of the molecule is CCO[SiH3].O=C(O)/C=C\C(=O)O. The molecule has 0 aliphatic rings. The molecule has 0 heterocycles. The van der Waals surface area contributed by atoms with Gasteiger partial charge in [0, 0.05) is 18.8 Å². The van der Waals surface area contributed by atoms with Crippen molar-refractivity contribution in [2.24, 2.45) is 0 Å². The second-order valence-corrected chi connectivity index (χ2v) is 2.16. The Labute approximate surface area is 73.2 Å². The van der Waals surface area contributed by atoms with Crippen molar-refractivity contribution in [2.75, 3.05) is 6.61 Å². The molecule has 70 valence electrons. The number of aliphatic carboxylic acids is 2. The average Bonchev–Trinajstić information content (AvgIpc) is 2.01. The Hall–Kier alpha value is -1.14. The van der Waals surface area contributed by atoms with Crippen molar-refractivity contribution >= 4 is 22.4 Å². The predicted molar refractivity (Wildman–Crippen MR) is 46.0 cm³/mol. The van der Waals surface area contributed by atoms with Gasteiger partial charge in [0.05, 0.1) is 0 Å². The van der Waals surface area contributed by atoms with Gasteiger partial charge in [-0.1, -0.05) is 0 Å². The van der Waals surface area contributed by atoms with Gasteiger partial charge in [-0.25, -0.2) is 9.59 Å². The topological polar surface area (TPSA) is 83.8 Å². The first kappa shape index (κ1) is 13.4. The van der Waals surface area contributed by atoms with E-state index in [1.54, 1.807) is 0 Å². The van der Waals surface area contributed by atoms with Crippen molar-refractivity contribution in [1.82, 2.24) is 0 Å². The molecule has 0 aliphatic carbocycles. The lowest BCUT2D eigenvalue weighted by Crippen LogP contribution is -1.91. The molecule has 0 fully saturated rings. The molecule has 0 bridgehead atoms. The van der Waals surface area contributed by atoms with Crippen LogP contribution in [0, 0.1) is 0 Å². The van der Waals surface area contributed by atoms with Crippen LogP contribution in [-0.2, 0) is 14.0 Å². The maximum atomic E-state index is 9.55. The highest BCUT2D eigenvalue weighted by molar-refractivity contribution is 5.97. The van der Waals surface area contributed by atoms with E-state index in [9.17, 15) is 9.59 Å². The Morgan fingerprint density at radius 3 is 1.67 bits per heavy atom. The largest absolute Gasteiger partial charge is 0.478 e. The molecule has 2 N–H and O–H groups in total. The second-order valence-electron chi connectivity index (χ2n) is 1.59. The zero-order valence-electron chi connectivity index (χ0n) is 6.98. The van der Waals surface area contributed by atoms with Crippen molar-refractivity contribution in [2.45, 2.75) is 6.92 Å². The van der Waals surface area contributed by atoms with Crippen LogP contribution < -0.4 is 0 Å². The third kappa shape index (κ3) is 23.2. The summed E-state index contributed by atoms with van der Waals surface area (Å²) in [6.07, 6.45) is 1.12. The molecule has 0 saturated heterocycles. The molecule has 5 nitrogen and oxygen atoms in total. The number of carbonyl (C=O) groups is 2. The van der Waals surface area contributed by atoms with Gasteiger partial charge >= 0.3 is 11.9 Å². The summed E-state index contributed by atoms with van der Waals surface area (Å²) in [4.78, 5) is 19.1. The quantitative estimate of drug-likeness (QED) is 0.443. The second kappa shape index (κ2) is 9.86. The van der Waals surface area contributed by atoms with Crippen molar-refractivity contribution in [3.8, 4) is 0 Å². The zero-order chi connectivity index (χ0) is 9.98. The predicted octanol–water partition coefficient (Wildman–Crippen LogP) is -0.985. The molecular weight excluding hydrogens is 180 g/mol. The highest BCUT2D eigenvalue weighted by Crippen LogP contribution is 1.70. The lowest BCUT2D eigenvalue weighted by molar-refractivity contribution is -0.134. The lowest BCUT2D eigenvalue weighted by Gasteiger charge is -1.77. The Morgan fingerprint density at radius 1 is 1.33 bits per heavy atom. The van der Waals surface area contributed by atoms with E-state index < -0.39 is 11.9 Å². The minimum absolute atomic E-state index is 0.558. The van der Waals surface area contributed by atoms with E-state index in [2.05, 4.69) is 4.43 Å². The zero-order valence-corrected chi connectivity index (χ0v) is 8.98. The number of hydrogen-bond acceptors (Lipinski definition) is 3. The van der Waals surface area contributed by atoms with E-state index in [0.29, 0.717) is 12.2 Å². The van der Waals surface area contributed by atoms with Crippen LogP contribution in [0.15, 0.2) is 12.2 Å². The summed E-state index contributed by atoms with van der Waals surface area (Å²) < 4.78 is 4.68. The highest BCUT2D eigenvalue weighted by Gasteiger charge is 1.88. The van der Waals surface area contributed by atoms with Gasteiger partial charge < -0.3 is 14.6 Å². The van der Waals surface area contributed by atoms with Crippen LogP contribution in [0.3, 0.4) is 0 Å². The molecule has 0 saturated carbocycles. The highest BCUT2D eigenvalue weighted by atomic mass is 28.2. The number of carboxylic acids is 2. The van der Waals surface area contributed by atoms with Crippen LogP contribution in [0.1, 0.15) is 6.92 Å². The summed E-state index contributed by atoms with van der Waals surface area (Å²) in [7, 11) is 0.890. The number of rotatable bonds is 3. The van der Waals surface area contributed by atoms with E-state index in [1.807, 2.05) is 6.92 Å². The lowest BCUT2D eigenvalue weighted by atomic mass is 10.5. The standard InChI is InChI=1S/C4H4O4.C2H8OSi/c5-3(6)1-2-4(7)8;1-2-3-4/h1-2H,(H,5,6)(H,7,8);2H2,1,4H3/b2-1-;. The molecule has 0 aromatic carbocycles. The van der Waals surface area contributed by atoms with Gasteiger partial charge in [-0.05, 0) is 6.92 Å². The smallest absolute Gasteiger partial charge is 0.328 e. The maximum Gasteiger partial charge on any atom is 0.328 e. The van der Waals surface area contributed by atoms with E-state index in [1.165, 1.54) is 0 Å². The third-order valence-corrected chi connectivity index (χ3v) is 1.23. The molecule has 0 atom stereocenters. The van der Waals surface area contributed by atoms with Crippen molar-refractivity contribution in [3.05, 3.63) is 12.2 Å². The van der Waals surface area contributed by atoms with Gasteiger partial charge in [0.15, 0.2) is 0 Å². The Morgan fingerprint density at radius 2 is 1.58 bits per heavy atom. The van der Waals surface area contributed by atoms with Gasteiger partial charge in [-0.2, -0.15) is 0 Å². The first-order chi connectivity index (χ1) is 5.54. The monoisotopic (exact) mass is 192 g/mol. The molecule has 0 unspecified atom stereocenters. The summed E-state index contributed by atoms with van der Waals surface area (Å²) in [6.45, 7) is 2.87. The van der Waals surface area contributed by atoms with Crippen molar-refractivity contribution in [1.29, 1.82) is 0 Å². The summed E-state index contributed by atoms with van der Waals surface area (Å²) >= 11 is 0. The van der Waals surface area contributed by atoms with E-state index >= 15 is 0 Å². The van der Waals surface area contributed by atoms with E-state index in [0.717, 1.165) is 17.1 Å². The molecule has 0 aromatic rings. The summed E-state index contributed by atoms with van der Waals surface area (Å²) in [5.41, 5.74) is 0. The maximum absolute atomic E-state index is 9.55. The summed E-state index contributed by atoms with van der Waals surface area (Å²) in [6, 6.07) is 0. The molecule has 0 aliphatic heterocycles. The Kier molecular flexibility index (Phi) is 11.0. The van der Waals surface area contributed by atoms with Gasteiger partial charge in [-0.15, -0.1) is 0 Å². The third-order valence-electron chi connectivity index (χ3n) is 0.657. The van der Waals surface area contributed by atoms with Crippen LogP contribution >= 0.6 is 0 Å². The summed E-state index contributed by atoms with van der Waals surface area (Å²) in [5.74, 6) is -2.51. The van der Waals surface area contributed by atoms with Crippen LogP contribution in [0.4, 0.5) is 0 Å².